The number of anilines is 2. The third-order valence-corrected chi connectivity index (χ3v) is 11.1. The van der Waals surface area contributed by atoms with Crippen molar-refractivity contribution in [3.05, 3.63) is 173 Å². The van der Waals surface area contributed by atoms with E-state index in [9.17, 15) is 84.4 Å². The van der Waals surface area contributed by atoms with E-state index in [4.69, 9.17) is 22.3 Å². The van der Waals surface area contributed by atoms with E-state index < -0.39 is 132 Å². The van der Waals surface area contributed by atoms with Gasteiger partial charge in [-0.05, 0) is 129 Å². The average Bonchev–Trinajstić information content (AvgIpc) is 3.26. The number of nitrogen functional groups attached to an aromatic ring is 2. The SMILES string of the molecule is CC1=C(F)C(F)=C(C)C(=[N-])C1=[N-].Cc1c(F)c(F)c(C)c([N+](=O)[O-])c1[N+](=O)[O-].Cc1c(N)c(N)c(C)c(F)c1F.Fc1c(Br)ccc(Br)c1F.O=[N+]([O-])c1c(Br)c(F)c(F)c(Br)c1[N+](=O)[O-].[Y]. The Hall–Kier alpha value is -4.78. The fourth-order valence-electron chi connectivity index (χ4n) is 4.65. The summed E-state index contributed by atoms with van der Waals surface area (Å²) in [5.74, 6) is -11.8. The molecule has 0 heterocycles. The van der Waals surface area contributed by atoms with Crippen LogP contribution in [0.1, 0.15) is 36.1 Å². The molecule has 0 saturated carbocycles. The van der Waals surface area contributed by atoms with Crippen molar-refractivity contribution in [2.24, 2.45) is 0 Å². The van der Waals surface area contributed by atoms with E-state index in [2.05, 4.69) is 63.7 Å². The third-order valence-electron chi connectivity index (χ3n) is 8.46. The second kappa shape index (κ2) is 25.6. The summed E-state index contributed by atoms with van der Waals surface area (Å²) < 4.78 is 127. The van der Waals surface area contributed by atoms with Gasteiger partial charge in [-0.1, -0.05) is 0 Å². The van der Waals surface area contributed by atoms with Crippen molar-refractivity contribution in [3.8, 4) is 0 Å². The first kappa shape index (κ1) is 62.2. The van der Waals surface area contributed by atoms with Gasteiger partial charge in [0.15, 0.2) is 58.2 Å². The first-order chi connectivity index (χ1) is 30.1. The molecule has 0 saturated heterocycles. The van der Waals surface area contributed by atoms with Crippen LogP contribution in [-0.4, -0.2) is 31.1 Å². The maximum absolute atomic E-state index is 13.2. The van der Waals surface area contributed by atoms with Gasteiger partial charge in [0.25, 0.3) is 0 Å². The Morgan fingerprint density at radius 1 is 0.433 bits per heavy atom. The van der Waals surface area contributed by atoms with E-state index in [0.717, 1.165) is 13.8 Å². The zero-order valence-electron chi connectivity index (χ0n) is 34.1. The molecule has 0 atom stereocenters. The molecule has 0 aromatic heterocycles. The van der Waals surface area contributed by atoms with Gasteiger partial charge in [-0.3, -0.25) is 40.5 Å². The molecular formula is C36H24Br4F10N8O8Y-2. The van der Waals surface area contributed by atoms with Crippen LogP contribution in [0.3, 0.4) is 0 Å². The molecule has 4 aromatic carbocycles. The van der Waals surface area contributed by atoms with Gasteiger partial charge in [0.2, 0.25) is 0 Å². The number of allylic oxidation sites excluding steroid dienone is 4. The summed E-state index contributed by atoms with van der Waals surface area (Å²) in [5.41, 5.74) is 3.76. The van der Waals surface area contributed by atoms with Crippen LogP contribution in [0.15, 0.2) is 52.8 Å². The van der Waals surface area contributed by atoms with Crippen LogP contribution in [0.4, 0.5) is 78.0 Å². The van der Waals surface area contributed by atoms with Gasteiger partial charge in [-0.25, -0.2) is 43.9 Å². The first-order valence-electron chi connectivity index (χ1n) is 16.7. The minimum Gasteiger partial charge on any atom is -0.805 e. The van der Waals surface area contributed by atoms with Gasteiger partial charge in [-0.15, -0.1) is 0 Å². The molecule has 0 amide bonds. The molecule has 67 heavy (non-hydrogen) atoms. The summed E-state index contributed by atoms with van der Waals surface area (Å²) in [6, 6.07) is 2.87. The number of nitrogens with zero attached hydrogens (tertiary/aromatic N) is 6. The normalized spacial score (nSPS) is 11.7. The summed E-state index contributed by atoms with van der Waals surface area (Å²) >= 11 is 10.5. The molecule has 4 N–H and O–H groups in total. The Kier molecular flexibility index (Phi) is 23.7. The Labute approximate surface area is 428 Å². The van der Waals surface area contributed by atoms with Crippen LogP contribution >= 0.6 is 63.7 Å². The van der Waals surface area contributed by atoms with Crippen molar-refractivity contribution in [1.82, 2.24) is 0 Å². The second-order valence-electron chi connectivity index (χ2n) is 12.5. The van der Waals surface area contributed by atoms with Gasteiger partial charge in [-0.2, -0.15) is 11.4 Å². The van der Waals surface area contributed by atoms with Gasteiger partial charge >= 0.3 is 22.7 Å². The van der Waals surface area contributed by atoms with E-state index in [1.165, 1.54) is 39.8 Å². The molecule has 0 aliphatic heterocycles. The topological polar surface area (TPSA) is 269 Å². The first-order valence-corrected chi connectivity index (χ1v) is 19.9. The molecule has 359 valence electrons. The number of nitro groups is 4. The van der Waals surface area contributed by atoms with Crippen molar-refractivity contribution >= 4 is 109 Å². The largest absolute Gasteiger partial charge is 0.805 e. The molecule has 0 unspecified atom stereocenters. The zero-order chi connectivity index (χ0) is 51.9. The average molecular weight is 1300 g/mol. The molecule has 31 heteroatoms. The van der Waals surface area contributed by atoms with Crippen LogP contribution in [-0.2, 0) is 32.7 Å². The van der Waals surface area contributed by atoms with Crippen molar-refractivity contribution in [3.63, 3.8) is 0 Å². The monoisotopic (exact) mass is 1290 g/mol. The minimum absolute atomic E-state index is 0. The molecule has 5 rings (SSSR count). The zero-order valence-corrected chi connectivity index (χ0v) is 43.3. The summed E-state index contributed by atoms with van der Waals surface area (Å²) in [5, 5.41) is 60.3. The van der Waals surface area contributed by atoms with E-state index in [-0.39, 0.29) is 75.3 Å². The van der Waals surface area contributed by atoms with Crippen LogP contribution in [0.25, 0.3) is 10.8 Å². The number of halogens is 14. The number of hydrogen-bond acceptors (Lipinski definition) is 10. The van der Waals surface area contributed by atoms with E-state index in [0.29, 0.717) is 0 Å². The summed E-state index contributed by atoms with van der Waals surface area (Å²) in [4.78, 5) is 37.7. The Bertz CT molecular complexity index is 2460. The smallest absolute Gasteiger partial charge is 0.364 e. The van der Waals surface area contributed by atoms with Crippen LogP contribution in [0, 0.1) is 115 Å². The number of nitrogens with two attached hydrogens (primary N) is 2. The van der Waals surface area contributed by atoms with Gasteiger partial charge < -0.3 is 22.3 Å². The molecule has 1 radical (unpaired) electrons. The van der Waals surface area contributed by atoms with Crippen LogP contribution in [0.2, 0.25) is 0 Å². The van der Waals surface area contributed by atoms with Gasteiger partial charge in [0.05, 0.1) is 51.1 Å². The quantitative estimate of drug-likeness (QED) is 0.0371. The number of hydrogen-bond donors (Lipinski definition) is 2. The van der Waals surface area contributed by atoms with Crippen molar-refractivity contribution in [1.29, 1.82) is 0 Å². The summed E-state index contributed by atoms with van der Waals surface area (Å²) in [7, 11) is 0. The Morgan fingerprint density at radius 3 is 0.881 bits per heavy atom. The maximum Gasteiger partial charge on any atom is 0.364 e. The molecule has 0 bridgehead atoms. The molecule has 0 fully saturated rings. The van der Waals surface area contributed by atoms with E-state index in [1.54, 1.807) is 0 Å². The molecule has 0 spiro atoms. The van der Waals surface area contributed by atoms with Gasteiger partial charge in [0, 0.05) is 43.8 Å². The van der Waals surface area contributed by atoms with Crippen molar-refractivity contribution < 1.29 is 96.3 Å². The standard InChI is InChI=1S/C8H6F2N2O4.C8H10F2N2.C8H6F2N2.C6Br2F2N2O4.C6H2Br2F2.Y/c1-3-5(9)6(10)4(2)8(12(15)16)7(3)11(13)14;2*1-3-5(9)6(10)4(2)8(12)7(3)11;7-1-3(9)4(10)2(8)6(12(15)16)5(1)11(13)14;7-3-1-2-4(8)6(10)5(3)9;/h1-2H3;11-12H2,1-2H3;1-2H3;;1-2H;/q;;-2;;;. The van der Waals surface area contributed by atoms with Crippen LogP contribution < -0.4 is 11.5 Å². The summed E-state index contributed by atoms with van der Waals surface area (Å²) in [6.45, 7) is 7.00. The van der Waals surface area contributed by atoms with Crippen LogP contribution in [0.5, 0.6) is 0 Å². The predicted molar refractivity (Wildman–Crippen MR) is 235 cm³/mol. The number of benzene rings is 4. The predicted octanol–water partition coefficient (Wildman–Crippen LogP) is 13.4. The van der Waals surface area contributed by atoms with E-state index in [1.807, 2.05) is 0 Å². The maximum atomic E-state index is 13.2. The van der Waals surface area contributed by atoms with Crippen molar-refractivity contribution in [2.45, 2.75) is 41.5 Å². The fraction of sp³-hybridized carbons (Fsp3) is 0.167. The molecule has 16 nitrogen and oxygen atoms in total. The van der Waals surface area contributed by atoms with Crippen molar-refractivity contribution in [2.75, 3.05) is 11.5 Å². The third kappa shape index (κ3) is 13.9. The Balaban J connectivity index is 0.000000818. The second-order valence-corrected chi connectivity index (χ2v) is 15.8. The number of nitro benzene ring substituents is 4. The molecular weight excluding hydrogens is 1270 g/mol. The number of rotatable bonds is 4. The Morgan fingerprint density at radius 2 is 0.657 bits per heavy atom. The molecule has 4 aromatic rings. The summed E-state index contributed by atoms with van der Waals surface area (Å²) in [6.07, 6.45) is 0. The molecule has 1 aliphatic rings. The minimum atomic E-state index is -1.57. The van der Waals surface area contributed by atoms with Gasteiger partial charge in [0.1, 0.15) is 8.95 Å². The molecule has 1 aliphatic carbocycles. The van der Waals surface area contributed by atoms with E-state index >= 15 is 0 Å². The fourth-order valence-corrected chi connectivity index (χ4v) is 6.27.